The van der Waals surface area contributed by atoms with Crippen molar-refractivity contribution >= 4 is 11.6 Å². The predicted molar refractivity (Wildman–Crippen MR) is 75.9 cm³/mol. The van der Waals surface area contributed by atoms with Gasteiger partial charge in [-0.2, -0.15) is 5.26 Å². The van der Waals surface area contributed by atoms with Gasteiger partial charge in [0.2, 0.25) is 5.91 Å². The highest BCUT2D eigenvalue weighted by molar-refractivity contribution is 5.98. The zero-order valence-electron chi connectivity index (χ0n) is 11.9. The molecule has 1 aliphatic carbocycles. The summed E-state index contributed by atoms with van der Waals surface area (Å²) in [4.78, 5) is 13.9. The molecule has 1 aromatic carbocycles. The Kier molecular flexibility index (Phi) is 3.61. The molecule has 1 aromatic rings. The molecule has 0 bridgehead atoms. The molecule has 0 saturated heterocycles. The molecule has 0 heterocycles. The number of carbonyl (C=O) groups is 1. The largest absolute Gasteiger partial charge is 0.314 e. The molecule has 0 atom stereocenters. The van der Waals surface area contributed by atoms with Crippen LogP contribution in [-0.4, -0.2) is 13.0 Å². The van der Waals surface area contributed by atoms with Crippen LogP contribution in [0.25, 0.3) is 0 Å². The summed E-state index contributed by atoms with van der Waals surface area (Å²) in [5, 5.41) is 9.05. The monoisotopic (exact) mass is 256 g/mol. The lowest BCUT2D eigenvalue weighted by Crippen LogP contribution is -2.37. The molecule has 0 aliphatic heterocycles. The van der Waals surface area contributed by atoms with E-state index in [1.165, 1.54) is 24.0 Å². The summed E-state index contributed by atoms with van der Waals surface area (Å²) in [6.45, 7) is 3.31. The van der Waals surface area contributed by atoms with E-state index in [1.807, 2.05) is 6.07 Å². The molecular formula is C16H20N2O. The summed E-state index contributed by atoms with van der Waals surface area (Å²) in [5.74, 6) is -0.161. The second-order valence-electron chi connectivity index (χ2n) is 5.76. The van der Waals surface area contributed by atoms with Crippen molar-refractivity contribution in [1.29, 1.82) is 5.26 Å². The second kappa shape index (κ2) is 5.05. The fourth-order valence-corrected chi connectivity index (χ4v) is 2.51. The van der Waals surface area contributed by atoms with Gasteiger partial charge in [0.25, 0.3) is 0 Å². The number of amides is 1. The summed E-state index contributed by atoms with van der Waals surface area (Å²) in [7, 11) is 1.74. The molecule has 100 valence electrons. The third-order valence-corrected chi connectivity index (χ3v) is 3.84. The number of nitriles is 1. The van der Waals surface area contributed by atoms with Gasteiger partial charge in [-0.3, -0.25) is 4.79 Å². The van der Waals surface area contributed by atoms with Gasteiger partial charge in [0.1, 0.15) is 5.41 Å². The number of fused-ring (bicyclic) bond motifs is 1. The molecule has 0 aromatic heterocycles. The van der Waals surface area contributed by atoms with E-state index >= 15 is 0 Å². The van der Waals surface area contributed by atoms with Gasteiger partial charge >= 0.3 is 0 Å². The summed E-state index contributed by atoms with van der Waals surface area (Å²) < 4.78 is 0. The van der Waals surface area contributed by atoms with Crippen LogP contribution in [0.1, 0.15) is 37.8 Å². The molecule has 0 spiro atoms. The Morgan fingerprint density at radius 2 is 1.89 bits per heavy atom. The highest BCUT2D eigenvalue weighted by atomic mass is 16.2. The third kappa shape index (κ3) is 2.63. The van der Waals surface area contributed by atoms with Gasteiger partial charge in [0, 0.05) is 12.7 Å². The summed E-state index contributed by atoms with van der Waals surface area (Å²) in [5.41, 5.74) is 2.65. The smallest absolute Gasteiger partial charge is 0.246 e. The summed E-state index contributed by atoms with van der Waals surface area (Å²) in [6.07, 6.45) is 4.70. The van der Waals surface area contributed by atoms with Crippen molar-refractivity contribution in [3.8, 4) is 6.07 Å². The Morgan fingerprint density at radius 3 is 2.53 bits per heavy atom. The molecule has 0 fully saturated rings. The molecule has 0 N–H and O–H groups in total. The molecule has 0 unspecified atom stereocenters. The zero-order valence-corrected chi connectivity index (χ0v) is 11.9. The van der Waals surface area contributed by atoms with Crippen molar-refractivity contribution in [1.82, 2.24) is 0 Å². The molecule has 2 rings (SSSR count). The van der Waals surface area contributed by atoms with E-state index in [4.69, 9.17) is 5.26 Å². The van der Waals surface area contributed by atoms with Crippen molar-refractivity contribution < 1.29 is 4.79 Å². The molecule has 1 amide bonds. The highest BCUT2D eigenvalue weighted by Crippen LogP contribution is 2.28. The molecule has 3 heteroatoms. The molecule has 0 radical (unpaired) electrons. The Labute approximate surface area is 114 Å². The Hall–Kier alpha value is -1.82. The van der Waals surface area contributed by atoms with Gasteiger partial charge in [0.15, 0.2) is 0 Å². The zero-order chi connectivity index (χ0) is 14.0. The lowest BCUT2D eigenvalue weighted by Gasteiger charge is -2.26. The lowest BCUT2D eigenvalue weighted by atomic mass is 9.90. The van der Waals surface area contributed by atoms with Gasteiger partial charge < -0.3 is 4.90 Å². The van der Waals surface area contributed by atoms with Crippen molar-refractivity contribution in [2.24, 2.45) is 5.41 Å². The quantitative estimate of drug-likeness (QED) is 0.816. The normalized spacial score (nSPS) is 14.4. The van der Waals surface area contributed by atoms with Crippen LogP contribution in [0.2, 0.25) is 0 Å². The summed E-state index contributed by atoms with van der Waals surface area (Å²) in [6, 6.07) is 8.26. The number of carbonyl (C=O) groups excluding carboxylic acids is 1. The van der Waals surface area contributed by atoms with Crippen molar-refractivity contribution in [2.75, 3.05) is 11.9 Å². The fraction of sp³-hybridized carbons (Fsp3) is 0.500. The van der Waals surface area contributed by atoms with Crippen molar-refractivity contribution in [2.45, 2.75) is 39.5 Å². The topological polar surface area (TPSA) is 44.1 Å². The van der Waals surface area contributed by atoms with E-state index in [0.717, 1.165) is 18.5 Å². The SMILES string of the molecule is CN(C(=O)C(C)(C)C#N)c1ccc2c(c1)CCCC2. The van der Waals surface area contributed by atoms with E-state index in [1.54, 1.807) is 25.8 Å². The first-order valence-corrected chi connectivity index (χ1v) is 6.77. The minimum Gasteiger partial charge on any atom is -0.314 e. The van der Waals surface area contributed by atoms with Crippen LogP contribution in [-0.2, 0) is 17.6 Å². The van der Waals surface area contributed by atoms with Crippen molar-refractivity contribution in [3.63, 3.8) is 0 Å². The minimum absolute atomic E-state index is 0.161. The number of hydrogen-bond acceptors (Lipinski definition) is 2. The average Bonchev–Trinajstić information content (AvgIpc) is 2.45. The highest BCUT2D eigenvalue weighted by Gasteiger charge is 2.31. The van der Waals surface area contributed by atoms with E-state index in [2.05, 4.69) is 18.2 Å². The first kappa shape index (κ1) is 13.6. The van der Waals surface area contributed by atoms with Crippen LogP contribution in [0.4, 0.5) is 5.69 Å². The molecular weight excluding hydrogens is 236 g/mol. The predicted octanol–water partition coefficient (Wildman–Crippen LogP) is 3.08. The van der Waals surface area contributed by atoms with Gasteiger partial charge in [-0.05, 0) is 62.8 Å². The second-order valence-corrected chi connectivity index (χ2v) is 5.76. The van der Waals surface area contributed by atoms with Crippen LogP contribution < -0.4 is 4.90 Å². The number of benzene rings is 1. The number of nitrogens with zero attached hydrogens (tertiary/aromatic N) is 2. The fourth-order valence-electron chi connectivity index (χ4n) is 2.51. The Morgan fingerprint density at radius 1 is 1.26 bits per heavy atom. The maximum absolute atomic E-state index is 12.3. The van der Waals surface area contributed by atoms with Gasteiger partial charge in [0.05, 0.1) is 6.07 Å². The standard InChI is InChI=1S/C16H20N2O/c1-16(2,11-17)15(19)18(3)14-9-8-12-6-4-5-7-13(12)10-14/h8-10H,4-7H2,1-3H3. The van der Waals surface area contributed by atoms with Gasteiger partial charge in [-0.25, -0.2) is 0 Å². The number of anilines is 1. The Bertz CT molecular complexity index is 540. The number of aryl methyl sites for hydroxylation is 2. The lowest BCUT2D eigenvalue weighted by molar-refractivity contribution is -0.123. The van der Waals surface area contributed by atoms with Crippen LogP contribution >= 0.6 is 0 Å². The van der Waals surface area contributed by atoms with Crippen LogP contribution in [0.15, 0.2) is 18.2 Å². The maximum Gasteiger partial charge on any atom is 0.246 e. The van der Waals surface area contributed by atoms with Gasteiger partial charge in [-0.1, -0.05) is 6.07 Å². The third-order valence-electron chi connectivity index (χ3n) is 3.84. The molecule has 0 saturated carbocycles. The van der Waals surface area contributed by atoms with Crippen LogP contribution in [0.5, 0.6) is 0 Å². The Balaban J connectivity index is 2.27. The summed E-state index contributed by atoms with van der Waals surface area (Å²) >= 11 is 0. The number of rotatable bonds is 2. The van der Waals surface area contributed by atoms with E-state index in [-0.39, 0.29) is 5.91 Å². The van der Waals surface area contributed by atoms with E-state index < -0.39 is 5.41 Å². The molecule has 19 heavy (non-hydrogen) atoms. The van der Waals surface area contributed by atoms with Crippen LogP contribution in [0, 0.1) is 16.7 Å². The first-order chi connectivity index (χ1) is 8.95. The number of hydrogen-bond donors (Lipinski definition) is 0. The van der Waals surface area contributed by atoms with Crippen LogP contribution in [0.3, 0.4) is 0 Å². The first-order valence-electron chi connectivity index (χ1n) is 6.77. The molecule has 1 aliphatic rings. The average molecular weight is 256 g/mol. The van der Waals surface area contributed by atoms with Gasteiger partial charge in [-0.15, -0.1) is 0 Å². The maximum atomic E-state index is 12.3. The minimum atomic E-state index is -0.981. The van der Waals surface area contributed by atoms with E-state index in [0.29, 0.717) is 0 Å². The molecule has 3 nitrogen and oxygen atoms in total. The van der Waals surface area contributed by atoms with E-state index in [9.17, 15) is 4.79 Å². The van der Waals surface area contributed by atoms with Crippen molar-refractivity contribution in [3.05, 3.63) is 29.3 Å².